The lowest BCUT2D eigenvalue weighted by Crippen LogP contribution is -2.46. The molecule has 1 rings (SSSR count). The van der Waals surface area contributed by atoms with E-state index < -0.39 is 18.0 Å². The highest BCUT2D eigenvalue weighted by atomic mass is 16.4. The zero-order valence-corrected chi connectivity index (χ0v) is 11.5. The van der Waals surface area contributed by atoms with Gasteiger partial charge in [-0.25, -0.2) is 9.59 Å². The monoisotopic (exact) mass is 265 g/mol. The number of aryl methyl sites for hydroxylation is 2. The minimum atomic E-state index is -1.05. The topological polar surface area (TPSA) is 91.3 Å². The molecule has 104 valence electrons. The average Bonchev–Trinajstić information content (AvgIpc) is 2.29. The maximum atomic E-state index is 11.8. The second-order valence-electron chi connectivity index (χ2n) is 4.74. The molecule has 6 heteroatoms. The smallest absolute Gasteiger partial charge is 0.326 e. The van der Waals surface area contributed by atoms with E-state index in [2.05, 4.69) is 15.6 Å². The molecular formula is C13H19N3O3. The van der Waals surface area contributed by atoms with E-state index in [1.54, 1.807) is 32.9 Å². The Morgan fingerprint density at radius 2 is 1.89 bits per heavy atom. The molecule has 1 heterocycles. The number of carbonyl (C=O) groups is 2. The van der Waals surface area contributed by atoms with E-state index in [1.165, 1.54) is 0 Å². The van der Waals surface area contributed by atoms with Gasteiger partial charge in [-0.15, -0.1) is 0 Å². The lowest BCUT2D eigenvalue weighted by atomic mass is 10.1. The third-order valence-corrected chi connectivity index (χ3v) is 2.69. The number of rotatable bonds is 4. The van der Waals surface area contributed by atoms with Gasteiger partial charge in [0.15, 0.2) is 0 Å². The summed E-state index contributed by atoms with van der Waals surface area (Å²) in [6.07, 6.45) is 0. The van der Waals surface area contributed by atoms with Gasteiger partial charge in [0.05, 0.1) is 11.4 Å². The second kappa shape index (κ2) is 6.17. The third-order valence-electron chi connectivity index (χ3n) is 2.69. The molecule has 0 fully saturated rings. The van der Waals surface area contributed by atoms with Gasteiger partial charge in [-0.2, -0.15) is 0 Å². The van der Waals surface area contributed by atoms with Crippen LogP contribution < -0.4 is 10.6 Å². The molecule has 0 bridgehead atoms. The molecule has 3 N–H and O–H groups in total. The summed E-state index contributed by atoms with van der Waals surface area (Å²) in [6.45, 7) is 7.10. The Bertz CT molecular complexity index is 486. The fourth-order valence-electron chi connectivity index (χ4n) is 1.63. The van der Waals surface area contributed by atoms with Crippen LogP contribution in [0, 0.1) is 19.8 Å². The normalized spacial score (nSPS) is 12.1. The molecule has 0 spiro atoms. The Morgan fingerprint density at radius 1 is 1.26 bits per heavy atom. The van der Waals surface area contributed by atoms with Gasteiger partial charge in [0.1, 0.15) is 6.04 Å². The summed E-state index contributed by atoms with van der Waals surface area (Å²) in [7, 11) is 0. The van der Waals surface area contributed by atoms with Crippen LogP contribution in [0.5, 0.6) is 0 Å². The van der Waals surface area contributed by atoms with Crippen LogP contribution in [0.25, 0.3) is 0 Å². The molecule has 0 radical (unpaired) electrons. The van der Waals surface area contributed by atoms with Crippen molar-refractivity contribution in [3.63, 3.8) is 0 Å². The Balaban J connectivity index is 2.72. The van der Waals surface area contributed by atoms with Crippen molar-refractivity contribution in [2.24, 2.45) is 5.92 Å². The quantitative estimate of drug-likeness (QED) is 0.775. The minimum Gasteiger partial charge on any atom is -0.480 e. The van der Waals surface area contributed by atoms with Crippen LogP contribution in [0.3, 0.4) is 0 Å². The Morgan fingerprint density at radius 3 is 2.37 bits per heavy atom. The number of anilines is 1. The average molecular weight is 265 g/mol. The van der Waals surface area contributed by atoms with Crippen LogP contribution in [0.4, 0.5) is 10.5 Å². The molecule has 1 aromatic heterocycles. The van der Waals surface area contributed by atoms with E-state index in [1.807, 2.05) is 6.92 Å². The SMILES string of the molecule is Cc1ccc(NC(=O)NC(C(=O)O)C(C)C)c(C)n1. The number of carboxylic acid groups (broad SMARTS) is 1. The maximum absolute atomic E-state index is 11.8. The molecule has 0 saturated heterocycles. The zero-order chi connectivity index (χ0) is 14.6. The first-order chi connectivity index (χ1) is 8.81. The van der Waals surface area contributed by atoms with Gasteiger partial charge in [0, 0.05) is 5.69 Å². The van der Waals surface area contributed by atoms with Crippen LogP contribution in [0.1, 0.15) is 25.2 Å². The minimum absolute atomic E-state index is 0.194. The summed E-state index contributed by atoms with van der Waals surface area (Å²) < 4.78 is 0. The molecule has 1 unspecified atom stereocenters. The highest BCUT2D eigenvalue weighted by molar-refractivity contribution is 5.92. The van der Waals surface area contributed by atoms with E-state index in [0.29, 0.717) is 11.4 Å². The molecule has 0 aliphatic heterocycles. The molecular weight excluding hydrogens is 246 g/mol. The second-order valence-corrected chi connectivity index (χ2v) is 4.74. The van der Waals surface area contributed by atoms with E-state index in [0.717, 1.165) is 5.69 Å². The molecule has 2 amide bonds. The predicted molar refractivity (Wildman–Crippen MR) is 72.1 cm³/mol. The first-order valence-electron chi connectivity index (χ1n) is 6.06. The van der Waals surface area contributed by atoms with Crippen molar-refractivity contribution < 1.29 is 14.7 Å². The number of aliphatic carboxylic acids is 1. The molecule has 6 nitrogen and oxygen atoms in total. The molecule has 1 aromatic rings. The Labute approximate surface area is 112 Å². The van der Waals surface area contributed by atoms with Gasteiger partial charge in [0.25, 0.3) is 0 Å². The van der Waals surface area contributed by atoms with Crippen LogP contribution >= 0.6 is 0 Å². The number of carbonyl (C=O) groups excluding carboxylic acids is 1. The maximum Gasteiger partial charge on any atom is 0.326 e. The van der Waals surface area contributed by atoms with Crippen molar-refractivity contribution in [3.8, 4) is 0 Å². The number of nitrogens with one attached hydrogen (secondary N) is 2. The van der Waals surface area contributed by atoms with E-state index in [-0.39, 0.29) is 5.92 Å². The third kappa shape index (κ3) is 4.24. The van der Waals surface area contributed by atoms with Crippen molar-refractivity contribution in [1.82, 2.24) is 10.3 Å². The Hall–Kier alpha value is -2.11. The van der Waals surface area contributed by atoms with E-state index in [4.69, 9.17) is 5.11 Å². The highest BCUT2D eigenvalue weighted by Crippen LogP contribution is 2.12. The van der Waals surface area contributed by atoms with E-state index in [9.17, 15) is 9.59 Å². The van der Waals surface area contributed by atoms with Crippen molar-refractivity contribution in [2.75, 3.05) is 5.32 Å². The summed E-state index contributed by atoms with van der Waals surface area (Å²) in [6, 6.07) is 2.05. The van der Waals surface area contributed by atoms with Crippen molar-refractivity contribution in [2.45, 2.75) is 33.7 Å². The fraction of sp³-hybridized carbons (Fsp3) is 0.462. The summed E-state index contributed by atoms with van der Waals surface area (Å²) in [5.41, 5.74) is 2.11. The van der Waals surface area contributed by atoms with Crippen molar-refractivity contribution >= 4 is 17.7 Å². The fourth-order valence-corrected chi connectivity index (χ4v) is 1.63. The first kappa shape index (κ1) is 14.9. The van der Waals surface area contributed by atoms with Gasteiger partial charge in [-0.1, -0.05) is 13.8 Å². The number of urea groups is 1. The largest absolute Gasteiger partial charge is 0.480 e. The Kier molecular flexibility index (Phi) is 4.86. The van der Waals surface area contributed by atoms with Crippen molar-refractivity contribution in [1.29, 1.82) is 0 Å². The number of amides is 2. The summed E-state index contributed by atoms with van der Waals surface area (Å²) >= 11 is 0. The summed E-state index contributed by atoms with van der Waals surface area (Å²) in [5.74, 6) is -1.25. The molecule has 0 aliphatic rings. The lowest BCUT2D eigenvalue weighted by Gasteiger charge is -2.18. The van der Waals surface area contributed by atoms with E-state index >= 15 is 0 Å². The van der Waals surface area contributed by atoms with Gasteiger partial charge < -0.3 is 15.7 Å². The van der Waals surface area contributed by atoms with Crippen LogP contribution in [0.15, 0.2) is 12.1 Å². The standard InChI is InChI=1S/C13H19N3O3/c1-7(2)11(12(17)18)16-13(19)15-10-6-5-8(3)14-9(10)4/h5-7,11H,1-4H3,(H,17,18)(H2,15,16,19). The molecule has 19 heavy (non-hydrogen) atoms. The van der Waals surface area contributed by atoms with Gasteiger partial charge in [-0.05, 0) is 31.9 Å². The molecule has 0 saturated carbocycles. The molecule has 0 aromatic carbocycles. The van der Waals surface area contributed by atoms with Crippen LogP contribution in [-0.2, 0) is 4.79 Å². The summed E-state index contributed by atoms with van der Waals surface area (Å²) in [5, 5.41) is 14.0. The first-order valence-corrected chi connectivity index (χ1v) is 6.06. The number of hydrogen-bond donors (Lipinski definition) is 3. The zero-order valence-electron chi connectivity index (χ0n) is 11.5. The highest BCUT2D eigenvalue weighted by Gasteiger charge is 2.23. The number of pyridine rings is 1. The van der Waals surface area contributed by atoms with Crippen LogP contribution in [0.2, 0.25) is 0 Å². The number of nitrogens with zero attached hydrogens (tertiary/aromatic N) is 1. The van der Waals surface area contributed by atoms with Gasteiger partial charge >= 0.3 is 12.0 Å². The van der Waals surface area contributed by atoms with Crippen molar-refractivity contribution in [3.05, 3.63) is 23.5 Å². The van der Waals surface area contributed by atoms with Gasteiger partial charge in [-0.3, -0.25) is 4.98 Å². The predicted octanol–water partition coefficient (Wildman–Crippen LogP) is 1.93. The number of aromatic nitrogens is 1. The number of hydrogen-bond acceptors (Lipinski definition) is 3. The number of carboxylic acids is 1. The summed E-state index contributed by atoms with van der Waals surface area (Å²) in [4.78, 5) is 27.0. The van der Waals surface area contributed by atoms with Crippen LogP contribution in [-0.4, -0.2) is 28.1 Å². The van der Waals surface area contributed by atoms with Gasteiger partial charge in [0.2, 0.25) is 0 Å². The molecule has 0 aliphatic carbocycles. The molecule has 1 atom stereocenters. The lowest BCUT2D eigenvalue weighted by molar-refractivity contribution is -0.140.